The second-order valence-electron chi connectivity index (χ2n) is 5.64. The molecule has 0 aliphatic carbocycles. The molecule has 21 heavy (non-hydrogen) atoms. The molecule has 0 bridgehead atoms. The standard InChI is InChI=1S/C14H26O7/c1-2-3-4-5-6-9(16)7-14(20)13(19)12(18)11(17)10(8-15)21-14/h10-13,15,17-20H,2-8H2,1H3/t10-,11-,12+,13+,14+/m1/s1. The number of Topliss-reactive ketones (excluding diaryl/α,β-unsaturated/α-hetero) is 1. The molecule has 7 heteroatoms. The van der Waals surface area contributed by atoms with Gasteiger partial charge < -0.3 is 30.3 Å². The number of ketones is 1. The first-order valence-electron chi connectivity index (χ1n) is 7.42. The Labute approximate surface area is 124 Å². The van der Waals surface area contributed by atoms with Crippen molar-refractivity contribution < 1.29 is 35.1 Å². The van der Waals surface area contributed by atoms with Gasteiger partial charge in [0.25, 0.3) is 0 Å². The summed E-state index contributed by atoms with van der Waals surface area (Å²) in [6, 6.07) is 0. The van der Waals surface area contributed by atoms with E-state index in [0.29, 0.717) is 6.42 Å². The van der Waals surface area contributed by atoms with Gasteiger partial charge in [-0.15, -0.1) is 0 Å². The van der Waals surface area contributed by atoms with Crippen molar-refractivity contribution in [3.63, 3.8) is 0 Å². The van der Waals surface area contributed by atoms with Crippen LogP contribution >= 0.6 is 0 Å². The van der Waals surface area contributed by atoms with Gasteiger partial charge >= 0.3 is 0 Å². The predicted molar refractivity (Wildman–Crippen MR) is 73.3 cm³/mol. The molecular formula is C14H26O7. The van der Waals surface area contributed by atoms with E-state index >= 15 is 0 Å². The molecule has 0 aromatic carbocycles. The van der Waals surface area contributed by atoms with Crippen LogP contribution in [0.15, 0.2) is 0 Å². The average Bonchev–Trinajstić information content (AvgIpc) is 2.45. The number of carbonyl (C=O) groups is 1. The van der Waals surface area contributed by atoms with Crippen molar-refractivity contribution in [3.8, 4) is 0 Å². The fraction of sp³-hybridized carbons (Fsp3) is 0.929. The highest BCUT2D eigenvalue weighted by molar-refractivity contribution is 5.79. The van der Waals surface area contributed by atoms with Crippen LogP contribution in [0.2, 0.25) is 0 Å². The Kier molecular flexibility index (Phi) is 7.19. The number of ether oxygens (including phenoxy) is 1. The molecular weight excluding hydrogens is 280 g/mol. The van der Waals surface area contributed by atoms with Crippen LogP contribution in [0.4, 0.5) is 0 Å². The summed E-state index contributed by atoms with van der Waals surface area (Å²) >= 11 is 0. The second-order valence-corrected chi connectivity index (χ2v) is 5.64. The van der Waals surface area contributed by atoms with E-state index in [0.717, 1.165) is 19.3 Å². The predicted octanol–water partition coefficient (Wildman–Crippen LogP) is -0.922. The van der Waals surface area contributed by atoms with Crippen molar-refractivity contribution in [3.05, 3.63) is 0 Å². The smallest absolute Gasteiger partial charge is 0.202 e. The number of rotatable bonds is 8. The monoisotopic (exact) mass is 306 g/mol. The van der Waals surface area contributed by atoms with Gasteiger partial charge in [-0.1, -0.05) is 26.2 Å². The highest BCUT2D eigenvalue weighted by Gasteiger charge is 2.53. The maximum atomic E-state index is 11.9. The lowest BCUT2D eigenvalue weighted by Crippen LogP contribution is -2.65. The number of hydrogen-bond donors (Lipinski definition) is 5. The van der Waals surface area contributed by atoms with Crippen molar-refractivity contribution in [1.82, 2.24) is 0 Å². The molecule has 124 valence electrons. The lowest BCUT2D eigenvalue weighted by molar-refractivity contribution is -0.347. The summed E-state index contributed by atoms with van der Waals surface area (Å²) in [4.78, 5) is 11.9. The summed E-state index contributed by atoms with van der Waals surface area (Å²) < 4.78 is 5.04. The molecule has 5 atom stereocenters. The van der Waals surface area contributed by atoms with E-state index < -0.39 is 43.2 Å². The molecule has 0 radical (unpaired) electrons. The molecule has 7 nitrogen and oxygen atoms in total. The molecule has 5 N–H and O–H groups in total. The van der Waals surface area contributed by atoms with E-state index in [2.05, 4.69) is 6.92 Å². The van der Waals surface area contributed by atoms with E-state index in [-0.39, 0.29) is 12.2 Å². The minimum Gasteiger partial charge on any atom is -0.394 e. The van der Waals surface area contributed by atoms with Crippen LogP contribution in [-0.4, -0.2) is 68.1 Å². The Bertz CT molecular complexity index is 333. The minimum atomic E-state index is -2.28. The quantitative estimate of drug-likeness (QED) is 0.367. The Morgan fingerprint density at radius 3 is 2.38 bits per heavy atom. The molecule has 1 fully saturated rings. The number of aliphatic hydroxyl groups excluding tert-OH is 4. The Morgan fingerprint density at radius 2 is 1.81 bits per heavy atom. The highest BCUT2D eigenvalue weighted by Crippen LogP contribution is 2.31. The molecule has 0 unspecified atom stereocenters. The van der Waals surface area contributed by atoms with E-state index in [1.807, 2.05) is 0 Å². The minimum absolute atomic E-state index is 0.251. The molecule has 1 aliphatic rings. The molecule has 0 saturated carbocycles. The van der Waals surface area contributed by atoms with Gasteiger partial charge in [-0.3, -0.25) is 4.79 Å². The first-order chi connectivity index (χ1) is 9.85. The van der Waals surface area contributed by atoms with Crippen LogP contribution in [0.1, 0.15) is 45.4 Å². The fourth-order valence-corrected chi connectivity index (χ4v) is 2.49. The van der Waals surface area contributed by atoms with Gasteiger partial charge in [-0.2, -0.15) is 0 Å². The topological polar surface area (TPSA) is 127 Å². The summed E-state index contributed by atoms with van der Waals surface area (Å²) in [5.41, 5.74) is 0. The maximum Gasteiger partial charge on any atom is 0.202 e. The van der Waals surface area contributed by atoms with Crippen LogP contribution in [0.3, 0.4) is 0 Å². The normalized spacial score (nSPS) is 36.7. The number of hydrogen-bond acceptors (Lipinski definition) is 7. The molecule has 1 saturated heterocycles. The van der Waals surface area contributed by atoms with Crippen molar-refractivity contribution >= 4 is 5.78 Å². The largest absolute Gasteiger partial charge is 0.394 e. The van der Waals surface area contributed by atoms with Gasteiger partial charge in [-0.25, -0.2) is 0 Å². The van der Waals surface area contributed by atoms with Crippen LogP contribution in [0.5, 0.6) is 0 Å². The molecule has 0 amide bonds. The zero-order valence-electron chi connectivity index (χ0n) is 12.3. The summed E-state index contributed by atoms with van der Waals surface area (Å²) in [5, 5.41) is 48.4. The third-order valence-electron chi connectivity index (χ3n) is 3.81. The summed E-state index contributed by atoms with van der Waals surface area (Å²) in [6.07, 6.45) is -2.84. The van der Waals surface area contributed by atoms with E-state index in [4.69, 9.17) is 9.84 Å². The molecule has 1 heterocycles. The number of unbranched alkanes of at least 4 members (excludes halogenated alkanes) is 3. The van der Waals surface area contributed by atoms with E-state index in [1.54, 1.807) is 0 Å². The molecule has 1 aliphatic heterocycles. The van der Waals surface area contributed by atoms with Gasteiger partial charge in [0.15, 0.2) is 0 Å². The zero-order chi connectivity index (χ0) is 16.0. The third-order valence-corrected chi connectivity index (χ3v) is 3.81. The van der Waals surface area contributed by atoms with Crippen molar-refractivity contribution in [2.24, 2.45) is 0 Å². The van der Waals surface area contributed by atoms with Gasteiger partial charge in [0.1, 0.15) is 30.2 Å². The number of carbonyl (C=O) groups excluding carboxylic acids is 1. The highest BCUT2D eigenvalue weighted by atomic mass is 16.7. The van der Waals surface area contributed by atoms with E-state index in [1.165, 1.54) is 0 Å². The fourth-order valence-electron chi connectivity index (χ4n) is 2.49. The maximum absolute atomic E-state index is 11.9. The van der Waals surface area contributed by atoms with Crippen LogP contribution in [0, 0.1) is 0 Å². The molecule has 1 rings (SSSR count). The summed E-state index contributed by atoms with van der Waals surface area (Å²) in [5.74, 6) is -2.58. The van der Waals surface area contributed by atoms with Gasteiger partial charge in [0, 0.05) is 6.42 Å². The second kappa shape index (κ2) is 8.17. The van der Waals surface area contributed by atoms with Crippen molar-refractivity contribution in [1.29, 1.82) is 0 Å². The lowest BCUT2D eigenvalue weighted by atomic mass is 9.89. The molecule has 0 aromatic rings. The third kappa shape index (κ3) is 4.70. The summed E-state index contributed by atoms with van der Waals surface area (Å²) in [7, 11) is 0. The summed E-state index contributed by atoms with van der Waals surface area (Å²) in [6.45, 7) is 1.41. The van der Waals surface area contributed by atoms with Gasteiger partial charge in [0.05, 0.1) is 13.0 Å². The Balaban J connectivity index is 2.59. The van der Waals surface area contributed by atoms with Gasteiger partial charge in [-0.05, 0) is 6.42 Å². The van der Waals surface area contributed by atoms with Gasteiger partial charge in [0.2, 0.25) is 5.79 Å². The van der Waals surface area contributed by atoms with Crippen molar-refractivity contribution in [2.45, 2.75) is 75.7 Å². The molecule has 0 aromatic heterocycles. The first-order valence-corrected chi connectivity index (χ1v) is 7.42. The first kappa shape index (κ1) is 18.5. The van der Waals surface area contributed by atoms with Crippen LogP contribution < -0.4 is 0 Å². The zero-order valence-corrected chi connectivity index (χ0v) is 12.3. The lowest BCUT2D eigenvalue weighted by Gasteiger charge is -2.45. The van der Waals surface area contributed by atoms with Crippen molar-refractivity contribution in [2.75, 3.05) is 6.61 Å². The Hall–Kier alpha value is -0.570. The number of aliphatic hydroxyl groups is 5. The molecule has 0 spiro atoms. The van der Waals surface area contributed by atoms with Crippen LogP contribution in [0.25, 0.3) is 0 Å². The average molecular weight is 306 g/mol. The Morgan fingerprint density at radius 1 is 1.14 bits per heavy atom. The SMILES string of the molecule is CCCCCCC(=O)C[C@]1(O)O[C@H](CO)[C@@H](O)[C@H](O)[C@@H]1O. The van der Waals surface area contributed by atoms with Crippen LogP contribution in [-0.2, 0) is 9.53 Å². The van der Waals surface area contributed by atoms with E-state index in [9.17, 15) is 25.2 Å².